The second-order valence-corrected chi connectivity index (χ2v) is 9.58. The van der Waals surface area contributed by atoms with Gasteiger partial charge in [0, 0.05) is 30.7 Å². The Balaban J connectivity index is 2.42. The van der Waals surface area contributed by atoms with E-state index in [0.29, 0.717) is 24.2 Å². The fourth-order valence-corrected chi connectivity index (χ4v) is 5.40. The van der Waals surface area contributed by atoms with Crippen molar-refractivity contribution in [2.24, 2.45) is 0 Å². The van der Waals surface area contributed by atoms with Crippen molar-refractivity contribution >= 4 is 15.9 Å². The lowest BCUT2D eigenvalue weighted by Crippen LogP contribution is -2.44. The van der Waals surface area contributed by atoms with Gasteiger partial charge in [0.15, 0.2) is 0 Å². The number of benzene rings is 1. The Kier molecular flexibility index (Phi) is 7.46. The summed E-state index contributed by atoms with van der Waals surface area (Å²) in [6.07, 6.45) is 4.59. The minimum atomic E-state index is -3.56. The molecule has 0 spiro atoms. The summed E-state index contributed by atoms with van der Waals surface area (Å²) >= 11 is 0. The van der Waals surface area contributed by atoms with Gasteiger partial charge in [0.1, 0.15) is 0 Å². The molecule has 1 fully saturated rings. The molecule has 0 N–H and O–H groups in total. The number of nitrogens with zero attached hydrogens (tertiary/aromatic N) is 2. The predicted molar refractivity (Wildman–Crippen MR) is 109 cm³/mol. The second kappa shape index (κ2) is 9.20. The van der Waals surface area contributed by atoms with Gasteiger partial charge in [-0.2, -0.15) is 4.31 Å². The van der Waals surface area contributed by atoms with Crippen molar-refractivity contribution in [3.8, 4) is 0 Å². The maximum absolute atomic E-state index is 13.2. The zero-order chi connectivity index (χ0) is 20.2. The molecule has 1 aliphatic rings. The number of rotatable bonds is 7. The summed E-state index contributed by atoms with van der Waals surface area (Å²) in [7, 11) is -3.56. The van der Waals surface area contributed by atoms with Crippen molar-refractivity contribution in [2.45, 2.75) is 83.7 Å². The summed E-state index contributed by atoms with van der Waals surface area (Å²) in [6, 6.07) is 5.31. The Morgan fingerprint density at radius 1 is 1.07 bits per heavy atom. The summed E-state index contributed by atoms with van der Waals surface area (Å²) in [5, 5.41) is 0. The van der Waals surface area contributed by atoms with Crippen LogP contribution in [0, 0.1) is 6.92 Å². The van der Waals surface area contributed by atoms with E-state index in [4.69, 9.17) is 0 Å². The van der Waals surface area contributed by atoms with Crippen LogP contribution < -0.4 is 0 Å². The van der Waals surface area contributed by atoms with Gasteiger partial charge in [0.05, 0.1) is 4.90 Å². The summed E-state index contributed by atoms with van der Waals surface area (Å²) < 4.78 is 27.8. The lowest BCUT2D eigenvalue weighted by atomic mass is 10.1. The number of carbonyl (C=O) groups excluding carboxylic acids is 1. The molecule has 0 aliphatic carbocycles. The minimum Gasteiger partial charge on any atom is -0.333 e. The monoisotopic (exact) mass is 394 g/mol. The minimum absolute atomic E-state index is 0.0891. The van der Waals surface area contributed by atoms with E-state index < -0.39 is 10.0 Å². The predicted octanol–water partition coefficient (Wildman–Crippen LogP) is 4.21. The largest absolute Gasteiger partial charge is 0.333 e. The van der Waals surface area contributed by atoms with E-state index in [1.54, 1.807) is 29.4 Å². The van der Waals surface area contributed by atoms with E-state index in [2.05, 4.69) is 13.8 Å². The van der Waals surface area contributed by atoms with Gasteiger partial charge in [0.2, 0.25) is 10.0 Å². The number of piperidine rings is 1. The van der Waals surface area contributed by atoms with Crippen molar-refractivity contribution in [3.05, 3.63) is 29.3 Å². The van der Waals surface area contributed by atoms with Crippen LogP contribution in [0.25, 0.3) is 0 Å². The molecule has 0 radical (unpaired) electrons. The molecule has 0 aromatic heterocycles. The Morgan fingerprint density at radius 2 is 1.63 bits per heavy atom. The number of carbonyl (C=O) groups is 1. The SMILES string of the molecule is CCC(C)N(C(=O)c1ccc(C)c(S(=O)(=O)N2CCCCC2)c1)C(C)CC. The Bertz CT molecular complexity index is 745. The van der Waals surface area contributed by atoms with Crippen molar-refractivity contribution in [2.75, 3.05) is 13.1 Å². The first kappa shape index (κ1) is 21.9. The fourth-order valence-electron chi connectivity index (χ4n) is 3.63. The van der Waals surface area contributed by atoms with E-state index >= 15 is 0 Å². The average Bonchev–Trinajstić information content (AvgIpc) is 2.68. The molecule has 1 aromatic rings. The molecule has 1 saturated heterocycles. The first-order valence-electron chi connectivity index (χ1n) is 10.2. The van der Waals surface area contributed by atoms with Crippen LogP contribution in [0.15, 0.2) is 23.1 Å². The van der Waals surface area contributed by atoms with Gasteiger partial charge in [-0.3, -0.25) is 4.79 Å². The molecule has 1 aliphatic heterocycles. The maximum atomic E-state index is 13.2. The van der Waals surface area contributed by atoms with Crippen LogP contribution in [0.4, 0.5) is 0 Å². The summed E-state index contributed by atoms with van der Waals surface area (Å²) in [5.74, 6) is -0.0891. The van der Waals surface area contributed by atoms with E-state index in [-0.39, 0.29) is 22.9 Å². The normalized spacial score (nSPS) is 18.1. The quantitative estimate of drug-likeness (QED) is 0.696. The van der Waals surface area contributed by atoms with Crippen LogP contribution in [0.3, 0.4) is 0 Å². The lowest BCUT2D eigenvalue weighted by Gasteiger charge is -2.34. The van der Waals surface area contributed by atoms with Crippen molar-refractivity contribution in [3.63, 3.8) is 0 Å². The molecule has 0 saturated carbocycles. The third-order valence-corrected chi connectivity index (χ3v) is 7.77. The molecular formula is C21H34N2O3S. The van der Waals surface area contributed by atoms with Crippen LogP contribution in [-0.2, 0) is 10.0 Å². The Morgan fingerprint density at radius 3 is 2.15 bits per heavy atom. The highest BCUT2D eigenvalue weighted by molar-refractivity contribution is 7.89. The van der Waals surface area contributed by atoms with Crippen molar-refractivity contribution in [1.29, 1.82) is 0 Å². The molecule has 5 nitrogen and oxygen atoms in total. The van der Waals surface area contributed by atoms with Crippen LogP contribution in [-0.4, -0.2) is 48.7 Å². The van der Waals surface area contributed by atoms with Gasteiger partial charge in [-0.05, 0) is 64.2 Å². The molecule has 0 bridgehead atoms. The standard InChI is InChI=1S/C21H34N2O3S/c1-6-17(4)23(18(5)7-2)21(24)19-12-11-16(3)20(15-19)27(25,26)22-13-9-8-10-14-22/h11-12,15,17-18H,6-10,13-14H2,1-5H3. The molecule has 1 aromatic carbocycles. The highest BCUT2D eigenvalue weighted by Gasteiger charge is 2.30. The molecular weight excluding hydrogens is 360 g/mol. The third kappa shape index (κ3) is 4.72. The molecule has 27 heavy (non-hydrogen) atoms. The van der Waals surface area contributed by atoms with Crippen LogP contribution in [0.1, 0.15) is 75.7 Å². The maximum Gasteiger partial charge on any atom is 0.254 e. The lowest BCUT2D eigenvalue weighted by molar-refractivity contribution is 0.0598. The van der Waals surface area contributed by atoms with E-state index in [0.717, 1.165) is 32.1 Å². The first-order chi connectivity index (χ1) is 12.7. The van der Waals surface area contributed by atoms with Gasteiger partial charge in [0.25, 0.3) is 5.91 Å². The van der Waals surface area contributed by atoms with E-state index in [9.17, 15) is 13.2 Å². The van der Waals surface area contributed by atoms with Crippen LogP contribution >= 0.6 is 0 Å². The average molecular weight is 395 g/mol. The number of aryl methyl sites for hydroxylation is 1. The molecule has 2 atom stereocenters. The number of sulfonamides is 1. The molecule has 1 heterocycles. The summed E-state index contributed by atoms with van der Waals surface area (Å²) in [4.78, 5) is 15.4. The first-order valence-corrected chi connectivity index (χ1v) is 11.6. The number of amides is 1. The highest BCUT2D eigenvalue weighted by atomic mass is 32.2. The molecule has 1 amide bonds. The van der Waals surface area contributed by atoms with Gasteiger partial charge in [-0.15, -0.1) is 0 Å². The zero-order valence-corrected chi connectivity index (χ0v) is 18.2. The van der Waals surface area contributed by atoms with Crippen molar-refractivity contribution in [1.82, 2.24) is 9.21 Å². The molecule has 152 valence electrons. The zero-order valence-electron chi connectivity index (χ0n) is 17.4. The van der Waals surface area contributed by atoms with Gasteiger partial charge >= 0.3 is 0 Å². The molecule has 2 unspecified atom stereocenters. The topological polar surface area (TPSA) is 57.7 Å². The highest BCUT2D eigenvalue weighted by Crippen LogP contribution is 2.26. The second-order valence-electron chi connectivity index (χ2n) is 7.67. The number of hydrogen-bond acceptors (Lipinski definition) is 3. The van der Waals surface area contributed by atoms with Crippen LogP contribution in [0.2, 0.25) is 0 Å². The number of hydrogen-bond donors (Lipinski definition) is 0. The Hall–Kier alpha value is -1.40. The molecule has 6 heteroatoms. The van der Waals surface area contributed by atoms with Gasteiger partial charge < -0.3 is 4.90 Å². The third-order valence-electron chi connectivity index (χ3n) is 5.73. The van der Waals surface area contributed by atoms with Gasteiger partial charge in [-0.1, -0.05) is 26.3 Å². The van der Waals surface area contributed by atoms with Gasteiger partial charge in [-0.25, -0.2) is 8.42 Å². The Labute approximate surface area is 164 Å². The summed E-state index contributed by atoms with van der Waals surface area (Å²) in [6.45, 7) is 11.1. The summed E-state index contributed by atoms with van der Waals surface area (Å²) in [5.41, 5.74) is 1.15. The smallest absolute Gasteiger partial charge is 0.254 e. The van der Waals surface area contributed by atoms with Crippen LogP contribution in [0.5, 0.6) is 0 Å². The van der Waals surface area contributed by atoms with E-state index in [1.165, 1.54) is 0 Å². The van der Waals surface area contributed by atoms with E-state index in [1.807, 2.05) is 18.7 Å². The fraction of sp³-hybridized carbons (Fsp3) is 0.667. The molecule has 2 rings (SSSR count). The van der Waals surface area contributed by atoms with Crippen molar-refractivity contribution < 1.29 is 13.2 Å².